The van der Waals surface area contributed by atoms with E-state index >= 15 is 0 Å². The summed E-state index contributed by atoms with van der Waals surface area (Å²) >= 11 is 0. The average molecular weight is 262 g/mol. The minimum Gasteiger partial charge on any atom is -0.368 e. The summed E-state index contributed by atoms with van der Waals surface area (Å²) < 4.78 is 0. The molecule has 0 aromatic carbocycles. The molecule has 2 heterocycles. The summed E-state index contributed by atoms with van der Waals surface area (Å²) in [5.41, 5.74) is 0. The van der Waals surface area contributed by atoms with Gasteiger partial charge in [-0.1, -0.05) is 6.92 Å². The number of hydrogen-bond acceptors (Lipinski definition) is 4. The predicted molar refractivity (Wildman–Crippen MR) is 80.8 cm³/mol. The quantitative estimate of drug-likeness (QED) is 0.903. The van der Waals surface area contributed by atoms with Gasteiger partial charge in [0.2, 0.25) is 0 Å². The molecule has 0 radical (unpaired) electrons. The number of nitrogens with one attached hydrogen (secondary N) is 1. The van der Waals surface area contributed by atoms with Crippen molar-refractivity contribution in [3.05, 3.63) is 11.9 Å². The Hall–Kier alpha value is -1.32. The Morgan fingerprint density at radius 1 is 1.37 bits per heavy atom. The maximum Gasteiger partial charge on any atom is 0.134 e. The van der Waals surface area contributed by atoms with E-state index in [2.05, 4.69) is 47.0 Å². The van der Waals surface area contributed by atoms with Crippen molar-refractivity contribution in [2.75, 3.05) is 16.8 Å². The molecular weight excluding hydrogens is 236 g/mol. The van der Waals surface area contributed by atoms with E-state index in [0.717, 1.165) is 24.0 Å². The molecule has 0 bridgehead atoms. The molecule has 1 aliphatic heterocycles. The molecule has 0 saturated carbocycles. The fourth-order valence-electron chi connectivity index (χ4n) is 2.80. The first-order valence-corrected chi connectivity index (χ1v) is 7.49. The third-order valence-corrected chi connectivity index (χ3v) is 3.65. The van der Waals surface area contributed by atoms with Crippen LogP contribution in [0.3, 0.4) is 0 Å². The van der Waals surface area contributed by atoms with E-state index in [9.17, 15) is 0 Å². The zero-order chi connectivity index (χ0) is 13.8. The highest BCUT2D eigenvalue weighted by molar-refractivity contribution is 5.50. The predicted octanol–water partition coefficient (Wildman–Crippen LogP) is 3.37. The highest BCUT2D eigenvalue weighted by Gasteiger charge is 2.22. The van der Waals surface area contributed by atoms with Gasteiger partial charge in [-0.2, -0.15) is 0 Å². The van der Waals surface area contributed by atoms with Gasteiger partial charge < -0.3 is 10.2 Å². The monoisotopic (exact) mass is 262 g/mol. The number of aromatic nitrogens is 2. The van der Waals surface area contributed by atoms with Crippen molar-refractivity contribution in [2.24, 2.45) is 0 Å². The Morgan fingerprint density at radius 2 is 2.16 bits per heavy atom. The van der Waals surface area contributed by atoms with E-state index in [1.165, 1.54) is 25.7 Å². The molecule has 1 aromatic rings. The van der Waals surface area contributed by atoms with Crippen LogP contribution in [-0.2, 0) is 0 Å². The fourth-order valence-corrected chi connectivity index (χ4v) is 2.80. The molecule has 1 saturated heterocycles. The molecule has 2 rings (SSSR count). The second kappa shape index (κ2) is 6.22. The summed E-state index contributed by atoms with van der Waals surface area (Å²) in [6.07, 6.45) is 5.09. The van der Waals surface area contributed by atoms with Gasteiger partial charge in [0.1, 0.15) is 17.5 Å². The highest BCUT2D eigenvalue weighted by atomic mass is 15.2. The van der Waals surface area contributed by atoms with Crippen LogP contribution in [0.25, 0.3) is 0 Å². The largest absolute Gasteiger partial charge is 0.368 e. The van der Waals surface area contributed by atoms with Gasteiger partial charge in [-0.05, 0) is 46.5 Å². The molecule has 1 N–H and O–H groups in total. The standard InChI is InChI=1S/C15H26N4/c1-5-13-8-6-7-9-19(13)15-10-14(16-11(2)3)17-12(4)18-15/h10-11,13H,5-9H2,1-4H3,(H,16,17,18). The van der Waals surface area contributed by atoms with Crippen LogP contribution >= 0.6 is 0 Å². The highest BCUT2D eigenvalue weighted by Crippen LogP contribution is 2.26. The molecule has 4 heteroatoms. The van der Waals surface area contributed by atoms with Crippen LogP contribution < -0.4 is 10.2 Å². The molecule has 0 spiro atoms. The lowest BCUT2D eigenvalue weighted by atomic mass is 10.00. The lowest BCUT2D eigenvalue weighted by Crippen LogP contribution is -2.39. The summed E-state index contributed by atoms with van der Waals surface area (Å²) in [7, 11) is 0. The summed E-state index contributed by atoms with van der Waals surface area (Å²) in [5.74, 6) is 2.88. The first-order chi connectivity index (χ1) is 9.10. The summed E-state index contributed by atoms with van der Waals surface area (Å²) in [6, 6.07) is 3.13. The van der Waals surface area contributed by atoms with E-state index < -0.39 is 0 Å². The summed E-state index contributed by atoms with van der Waals surface area (Å²) in [4.78, 5) is 11.6. The summed E-state index contributed by atoms with van der Waals surface area (Å²) in [6.45, 7) is 9.63. The number of piperidine rings is 1. The Morgan fingerprint density at radius 3 is 2.84 bits per heavy atom. The Balaban J connectivity index is 2.24. The van der Waals surface area contributed by atoms with Gasteiger partial charge in [0.05, 0.1) is 0 Å². The number of rotatable bonds is 4. The number of anilines is 2. The molecule has 19 heavy (non-hydrogen) atoms. The smallest absolute Gasteiger partial charge is 0.134 e. The van der Waals surface area contributed by atoms with Crippen LogP contribution in [0.2, 0.25) is 0 Å². The lowest BCUT2D eigenvalue weighted by Gasteiger charge is -2.36. The van der Waals surface area contributed by atoms with E-state index in [0.29, 0.717) is 12.1 Å². The Labute approximate surface area is 116 Å². The van der Waals surface area contributed by atoms with Gasteiger partial charge >= 0.3 is 0 Å². The summed E-state index contributed by atoms with van der Waals surface area (Å²) in [5, 5.41) is 3.38. The fraction of sp³-hybridized carbons (Fsp3) is 0.733. The lowest BCUT2D eigenvalue weighted by molar-refractivity contribution is 0.446. The third-order valence-electron chi connectivity index (χ3n) is 3.65. The molecule has 106 valence electrons. The maximum atomic E-state index is 4.64. The molecule has 1 atom stereocenters. The van der Waals surface area contributed by atoms with Gasteiger partial charge in [0.15, 0.2) is 0 Å². The van der Waals surface area contributed by atoms with Gasteiger partial charge in [-0.25, -0.2) is 9.97 Å². The van der Waals surface area contributed by atoms with Gasteiger partial charge in [0, 0.05) is 24.7 Å². The first kappa shape index (κ1) is 14.1. The number of nitrogens with zero attached hydrogens (tertiary/aromatic N) is 3. The molecule has 1 aromatic heterocycles. The molecule has 1 unspecified atom stereocenters. The number of aryl methyl sites for hydroxylation is 1. The van der Waals surface area contributed by atoms with Crippen LogP contribution in [0.1, 0.15) is 52.3 Å². The number of hydrogen-bond donors (Lipinski definition) is 1. The zero-order valence-electron chi connectivity index (χ0n) is 12.6. The van der Waals surface area contributed by atoms with Crippen LogP contribution in [0, 0.1) is 6.92 Å². The van der Waals surface area contributed by atoms with Crippen LogP contribution in [0.4, 0.5) is 11.6 Å². The average Bonchev–Trinajstić information content (AvgIpc) is 2.37. The Bertz CT molecular complexity index is 417. The van der Waals surface area contributed by atoms with Gasteiger partial charge in [-0.15, -0.1) is 0 Å². The van der Waals surface area contributed by atoms with Crippen molar-refractivity contribution in [3.8, 4) is 0 Å². The van der Waals surface area contributed by atoms with Crippen molar-refractivity contribution in [2.45, 2.75) is 65.5 Å². The molecule has 4 nitrogen and oxygen atoms in total. The molecule has 1 fully saturated rings. The molecule has 0 amide bonds. The second-order valence-corrected chi connectivity index (χ2v) is 5.71. The van der Waals surface area contributed by atoms with Crippen molar-refractivity contribution < 1.29 is 0 Å². The topological polar surface area (TPSA) is 41.0 Å². The van der Waals surface area contributed by atoms with E-state index in [1.807, 2.05) is 6.92 Å². The first-order valence-electron chi connectivity index (χ1n) is 7.49. The van der Waals surface area contributed by atoms with Crippen LogP contribution in [0.5, 0.6) is 0 Å². The van der Waals surface area contributed by atoms with E-state index in [1.54, 1.807) is 0 Å². The normalized spacial score (nSPS) is 19.8. The van der Waals surface area contributed by atoms with Crippen molar-refractivity contribution in [3.63, 3.8) is 0 Å². The SMILES string of the molecule is CCC1CCCCN1c1cc(NC(C)C)nc(C)n1. The maximum absolute atomic E-state index is 4.64. The zero-order valence-corrected chi connectivity index (χ0v) is 12.6. The van der Waals surface area contributed by atoms with Gasteiger partial charge in [-0.3, -0.25) is 0 Å². The van der Waals surface area contributed by atoms with Crippen molar-refractivity contribution >= 4 is 11.6 Å². The molecular formula is C15H26N4. The minimum atomic E-state index is 0.394. The van der Waals surface area contributed by atoms with Gasteiger partial charge in [0.25, 0.3) is 0 Å². The second-order valence-electron chi connectivity index (χ2n) is 5.71. The van der Waals surface area contributed by atoms with E-state index in [-0.39, 0.29) is 0 Å². The minimum absolute atomic E-state index is 0.394. The van der Waals surface area contributed by atoms with E-state index in [4.69, 9.17) is 0 Å². The Kier molecular flexibility index (Phi) is 4.61. The van der Waals surface area contributed by atoms with Crippen molar-refractivity contribution in [1.29, 1.82) is 0 Å². The molecule has 1 aliphatic rings. The van der Waals surface area contributed by atoms with Crippen molar-refractivity contribution in [1.82, 2.24) is 9.97 Å². The third kappa shape index (κ3) is 3.58. The molecule has 0 aliphatic carbocycles. The van der Waals surface area contributed by atoms with Crippen LogP contribution in [0.15, 0.2) is 6.07 Å². The van der Waals surface area contributed by atoms with Crippen LogP contribution in [-0.4, -0.2) is 28.6 Å².